The van der Waals surface area contributed by atoms with Crippen molar-refractivity contribution in [2.45, 2.75) is 19.1 Å². The zero-order chi connectivity index (χ0) is 12.6. The van der Waals surface area contributed by atoms with Gasteiger partial charge in [-0.05, 0) is 40.8 Å². The van der Waals surface area contributed by atoms with Crippen LogP contribution in [0.4, 0.5) is 13.2 Å². The summed E-state index contributed by atoms with van der Waals surface area (Å²) in [5.74, 6) is -0.758. The minimum absolute atomic E-state index is 0.309. The van der Waals surface area contributed by atoms with Crippen LogP contribution in [0.3, 0.4) is 0 Å². The number of oxazole rings is 1. The second kappa shape index (κ2) is 4.35. The maximum atomic E-state index is 12.1. The molecule has 1 heterocycles. The number of nitrogens with zero attached hydrogens (tertiary/aromatic N) is 1. The van der Waals surface area contributed by atoms with Gasteiger partial charge >= 0.3 is 11.9 Å². The van der Waals surface area contributed by atoms with Gasteiger partial charge in [0.25, 0.3) is 0 Å². The van der Waals surface area contributed by atoms with E-state index in [1.807, 2.05) is 22.6 Å². The average Bonchev–Trinajstić information content (AvgIpc) is 2.48. The van der Waals surface area contributed by atoms with E-state index < -0.39 is 24.9 Å². The summed E-state index contributed by atoms with van der Waals surface area (Å²) in [6.07, 6.45) is -5.33. The Morgan fingerprint density at radius 3 is 2.71 bits per heavy atom. The van der Waals surface area contributed by atoms with Crippen molar-refractivity contribution in [3.8, 4) is 0 Å². The second-order valence-corrected chi connectivity index (χ2v) is 4.74. The molecule has 0 saturated carbocycles. The molecule has 0 amide bonds. The Bertz CT molecular complexity index is 600. The molecule has 0 spiro atoms. The van der Waals surface area contributed by atoms with Crippen molar-refractivity contribution >= 4 is 33.7 Å². The highest BCUT2D eigenvalue weighted by Gasteiger charge is 2.27. The minimum Gasteiger partial charge on any atom is -0.408 e. The van der Waals surface area contributed by atoms with Crippen molar-refractivity contribution in [3.63, 3.8) is 0 Å². The van der Waals surface area contributed by atoms with E-state index in [0.29, 0.717) is 11.1 Å². The standard InChI is InChI=1S/C10H7F3INO2/c11-10(12,13)3-4-15-7-2-1-6(14)5-8(7)17-9(15)16/h1-2,5H,3-4H2. The predicted octanol–water partition coefficient (Wildman–Crippen LogP) is 3.15. The molecule has 17 heavy (non-hydrogen) atoms. The fourth-order valence-electron chi connectivity index (χ4n) is 1.49. The van der Waals surface area contributed by atoms with Crippen molar-refractivity contribution in [3.05, 3.63) is 32.3 Å². The van der Waals surface area contributed by atoms with E-state index in [0.717, 1.165) is 8.14 Å². The highest BCUT2D eigenvalue weighted by molar-refractivity contribution is 14.1. The van der Waals surface area contributed by atoms with Crippen LogP contribution >= 0.6 is 22.6 Å². The molecule has 3 nitrogen and oxygen atoms in total. The van der Waals surface area contributed by atoms with Gasteiger partial charge in [-0.25, -0.2) is 4.79 Å². The van der Waals surface area contributed by atoms with Gasteiger partial charge in [0.15, 0.2) is 5.58 Å². The maximum absolute atomic E-state index is 12.1. The number of aryl methyl sites for hydroxylation is 1. The van der Waals surface area contributed by atoms with Gasteiger partial charge in [-0.2, -0.15) is 13.2 Å². The number of aromatic nitrogens is 1. The van der Waals surface area contributed by atoms with Crippen LogP contribution in [0.25, 0.3) is 11.1 Å². The first-order chi connectivity index (χ1) is 7.87. The topological polar surface area (TPSA) is 35.1 Å². The Kier molecular flexibility index (Phi) is 3.19. The summed E-state index contributed by atoms with van der Waals surface area (Å²) in [6.45, 7) is -0.421. The molecule has 0 unspecified atom stereocenters. The predicted molar refractivity (Wildman–Crippen MR) is 63.9 cm³/mol. The van der Waals surface area contributed by atoms with Crippen LogP contribution in [0.2, 0.25) is 0 Å². The molecule has 0 aliphatic rings. The number of hydrogen-bond acceptors (Lipinski definition) is 2. The van der Waals surface area contributed by atoms with Crippen LogP contribution in [0.15, 0.2) is 27.4 Å². The third kappa shape index (κ3) is 2.82. The number of rotatable bonds is 2. The Balaban J connectivity index is 2.40. The van der Waals surface area contributed by atoms with E-state index in [1.165, 1.54) is 0 Å². The SMILES string of the molecule is O=c1oc2cc(I)ccc2n1CCC(F)(F)F. The zero-order valence-corrected chi connectivity index (χ0v) is 10.6. The molecule has 7 heteroatoms. The summed E-state index contributed by atoms with van der Waals surface area (Å²) >= 11 is 2.03. The Morgan fingerprint density at radius 2 is 2.06 bits per heavy atom. The van der Waals surface area contributed by atoms with E-state index in [-0.39, 0.29) is 0 Å². The molecule has 0 aliphatic heterocycles. The van der Waals surface area contributed by atoms with Gasteiger partial charge < -0.3 is 4.42 Å². The van der Waals surface area contributed by atoms with Crippen LogP contribution in [0.1, 0.15) is 6.42 Å². The molecule has 0 bridgehead atoms. The van der Waals surface area contributed by atoms with Gasteiger partial charge in [-0.3, -0.25) is 4.57 Å². The van der Waals surface area contributed by atoms with E-state index in [1.54, 1.807) is 18.2 Å². The monoisotopic (exact) mass is 357 g/mol. The molecular weight excluding hydrogens is 350 g/mol. The first-order valence-corrected chi connectivity index (χ1v) is 5.80. The average molecular weight is 357 g/mol. The van der Waals surface area contributed by atoms with Gasteiger partial charge in [0.2, 0.25) is 0 Å². The fraction of sp³-hybridized carbons (Fsp3) is 0.300. The lowest BCUT2D eigenvalue weighted by Gasteiger charge is -2.06. The van der Waals surface area contributed by atoms with Gasteiger partial charge in [0.1, 0.15) is 0 Å². The molecule has 0 atom stereocenters. The lowest BCUT2D eigenvalue weighted by Crippen LogP contribution is -2.19. The molecule has 0 N–H and O–H groups in total. The minimum atomic E-state index is -4.29. The smallest absolute Gasteiger partial charge is 0.408 e. The highest BCUT2D eigenvalue weighted by Crippen LogP contribution is 2.22. The molecule has 0 fully saturated rings. The van der Waals surface area contributed by atoms with E-state index >= 15 is 0 Å². The lowest BCUT2D eigenvalue weighted by molar-refractivity contribution is -0.136. The van der Waals surface area contributed by atoms with Crippen molar-refractivity contribution < 1.29 is 17.6 Å². The summed E-state index contributed by atoms with van der Waals surface area (Å²) in [6, 6.07) is 4.90. The summed E-state index contributed by atoms with van der Waals surface area (Å²) in [5, 5.41) is 0. The third-order valence-electron chi connectivity index (χ3n) is 2.25. The molecule has 0 aliphatic carbocycles. The largest absolute Gasteiger partial charge is 0.419 e. The quantitative estimate of drug-likeness (QED) is 0.775. The number of hydrogen-bond donors (Lipinski definition) is 0. The van der Waals surface area contributed by atoms with E-state index in [2.05, 4.69) is 0 Å². The number of fused-ring (bicyclic) bond motifs is 1. The second-order valence-electron chi connectivity index (χ2n) is 3.50. The number of alkyl halides is 3. The van der Waals surface area contributed by atoms with Gasteiger partial charge in [-0.15, -0.1) is 0 Å². The van der Waals surface area contributed by atoms with Gasteiger partial charge in [0.05, 0.1) is 11.9 Å². The van der Waals surface area contributed by atoms with Crippen LogP contribution in [0.5, 0.6) is 0 Å². The van der Waals surface area contributed by atoms with Crippen molar-refractivity contribution in [1.82, 2.24) is 4.57 Å². The molecule has 2 aromatic rings. The van der Waals surface area contributed by atoms with Crippen molar-refractivity contribution in [1.29, 1.82) is 0 Å². The Morgan fingerprint density at radius 1 is 1.35 bits per heavy atom. The molecule has 0 radical (unpaired) electrons. The first kappa shape index (κ1) is 12.5. The normalized spacial score (nSPS) is 12.2. The number of benzene rings is 1. The molecule has 2 rings (SSSR count). The van der Waals surface area contributed by atoms with Gasteiger partial charge in [-0.1, -0.05) is 0 Å². The summed E-state index contributed by atoms with van der Waals surface area (Å²) in [7, 11) is 0. The summed E-state index contributed by atoms with van der Waals surface area (Å²) < 4.78 is 43.0. The first-order valence-electron chi connectivity index (χ1n) is 4.72. The molecule has 1 aromatic carbocycles. The summed E-state index contributed by atoms with van der Waals surface area (Å²) in [5.41, 5.74) is 0.698. The Labute approximate surface area is 107 Å². The zero-order valence-electron chi connectivity index (χ0n) is 8.42. The Hall–Kier alpha value is -0.990. The third-order valence-corrected chi connectivity index (χ3v) is 2.92. The van der Waals surface area contributed by atoms with Gasteiger partial charge in [0, 0.05) is 10.1 Å². The fourth-order valence-corrected chi connectivity index (χ4v) is 1.95. The van der Waals surface area contributed by atoms with E-state index in [4.69, 9.17) is 4.42 Å². The maximum Gasteiger partial charge on any atom is 0.419 e. The van der Waals surface area contributed by atoms with Crippen LogP contribution in [0, 0.1) is 3.57 Å². The molecule has 1 aromatic heterocycles. The molecular formula is C10H7F3INO2. The van der Waals surface area contributed by atoms with Crippen molar-refractivity contribution in [2.24, 2.45) is 0 Å². The molecule has 92 valence electrons. The lowest BCUT2D eigenvalue weighted by atomic mass is 10.3. The summed E-state index contributed by atoms with van der Waals surface area (Å²) in [4.78, 5) is 11.4. The van der Waals surface area contributed by atoms with E-state index in [9.17, 15) is 18.0 Å². The van der Waals surface area contributed by atoms with Crippen molar-refractivity contribution in [2.75, 3.05) is 0 Å². The van der Waals surface area contributed by atoms with Crippen LogP contribution < -0.4 is 5.76 Å². The number of halogens is 4. The van der Waals surface area contributed by atoms with Crippen LogP contribution in [-0.2, 0) is 6.54 Å². The molecule has 0 saturated heterocycles. The highest BCUT2D eigenvalue weighted by atomic mass is 127. The van der Waals surface area contributed by atoms with Crippen LogP contribution in [-0.4, -0.2) is 10.7 Å².